The lowest BCUT2D eigenvalue weighted by atomic mass is 10.0. The van der Waals surface area contributed by atoms with Gasteiger partial charge >= 0.3 is 0 Å². The fourth-order valence-electron chi connectivity index (χ4n) is 4.62. The largest absolute Gasteiger partial charge is 0.495 e. The number of nitrogens with zero attached hydrogens (tertiary/aromatic N) is 1. The molecule has 5 rings (SSSR count). The lowest BCUT2D eigenvalue weighted by Crippen LogP contribution is -2.32. The van der Waals surface area contributed by atoms with Gasteiger partial charge in [0.2, 0.25) is 0 Å². The molecule has 1 saturated carbocycles. The number of methoxy groups -OCH3 is 1. The Kier molecular flexibility index (Phi) is 7.19. The molecule has 2 aliphatic rings. The van der Waals surface area contributed by atoms with Gasteiger partial charge in [-0.2, -0.15) is 0 Å². The summed E-state index contributed by atoms with van der Waals surface area (Å²) < 4.78 is 5.52. The molecule has 0 aromatic heterocycles. The molecule has 3 aromatic carbocycles. The summed E-state index contributed by atoms with van der Waals surface area (Å²) >= 11 is 12.5. The third kappa shape index (κ3) is 5.21. The van der Waals surface area contributed by atoms with E-state index in [0.717, 1.165) is 24.1 Å². The minimum absolute atomic E-state index is 0.132. The summed E-state index contributed by atoms with van der Waals surface area (Å²) in [5, 5.41) is 7.56. The number of halogens is 2. The molecule has 0 spiro atoms. The summed E-state index contributed by atoms with van der Waals surface area (Å²) in [6, 6.07) is 18.3. The SMILES string of the molecule is COc1cc(C(=O)N2CCCC(NC3CC3)c3cc(Cl)ccc32)ccc1NC(=O)c1ccccc1Cl. The maximum absolute atomic E-state index is 13.7. The molecule has 1 heterocycles. The van der Waals surface area contributed by atoms with Crippen LogP contribution in [0.4, 0.5) is 11.4 Å². The van der Waals surface area contributed by atoms with Gasteiger partial charge in [-0.25, -0.2) is 0 Å². The maximum atomic E-state index is 13.7. The van der Waals surface area contributed by atoms with Gasteiger partial charge in [-0.1, -0.05) is 35.3 Å². The highest BCUT2D eigenvalue weighted by Gasteiger charge is 2.31. The highest BCUT2D eigenvalue weighted by Crippen LogP contribution is 2.38. The molecule has 0 radical (unpaired) electrons. The fraction of sp³-hybridized carbons (Fsp3) is 0.286. The van der Waals surface area contributed by atoms with Crippen LogP contribution < -0.4 is 20.3 Å². The van der Waals surface area contributed by atoms with Crippen molar-refractivity contribution in [1.82, 2.24) is 5.32 Å². The van der Waals surface area contributed by atoms with E-state index >= 15 is 0 Å². The summed E-state index contributed by atoms with van der Waals surface area (Å²) in [6.07, 6.45) is 4.18. The Labute approximate surface area is 220 Å². The van der Waals surface area contributed by atoms with E-state index in [2.05, 4.69) is 10.6 Å². The molecule has 3 aromatic rings. The van der Waals surface area contributed by atoms with Crippen LogP contribution in [0.5, 0.6) is 5.75 Å². The lowest BCUT2D eigenvalue weighted by molar-refractivity contribution is 0.0985. The summed E-state index contributed by atoms with van der Waals surface area (Å²) in [7, 11) is 1.51. The zero-order chi connectivity index (χ0) is 25.2. The van der Waals surface area contributed by atoms with Gasteiger partial charge in [-0.3, -0.25) is 9.59 Å². The Morgan fingerprint density at radius 3 is 2.56 bits per heavy atom. The predicted molar refractivity (Wildman–Crippen MR) is 144 cm³/mol. The van der Waals surface area contributed by atoms with Gasteiger partial charge in [-0.15, -0.1) is 0 Å². The van der Waals surface area contributed by atoms with Gasteiger partial charge in [0.25, 0.3) is 11.8 Å². The topological polar surface area (TPSA) is 70.7 Å². The average Bonchev–Trinajstić information content (AvgIpc) is 3.72. The molecular weight excluding hydrogens is 497 g/mol. The van der Waals surface area contributed by atoms with Crippen molar-refractivity contribution in [2.24, 2.45) is 0 Å². The number of hydrogen-bond acceptors (Lipinski definition) is 4. The van der Waals surface area contributed by atoms with E-state index in [9.17, 15) is 9.59 Å². The molecule has 36 heavy (non-hydrogen) atoms. The Morgan fingerprint density at radius 1 is 1.00 bits per heavy atom. The second-order valence-electron chi connectivity index (χ2n) is 9.14. The molecule has 1 unspecified atom stereocenters. The Hall–Kier alpha value is -3.06. The van der Waals surface area contributed by atoms with Gasteiger partial charge in [0.1, 0.15) is 5.75 Å². The molecule has 1 aliphatic heterocycles. The zero-order valence-electron chi connectivity index (χ0n) is 19.9. The number of hydrogen-bond donors (Lipinski definition) is 2. The van der Waals surface area contributed by atoms with E-state index in [1.54, 1.807) is 42.5 Å². The van der Waals surface area contributed by atoms with Gasteiger partial charge in [0, 0.05) is 34.9 Å². The van der Waals surface area contributed by atoms with E-state index in [0.29, 0.717) is 45.2 Å². The normalized spacial score (nSPS) is 17.2. The van der Waals surface area contributed by atoms with Crippen molar-refractivity contribution >= 4 is 46.4 Å². The summed E-state index contributed by atoms with van der Waals surface area (Å²) in [5.41, 5.74) is 3.20. The van der Waals surface area contributed by atoms with Crippen LogP contribution in [0.1, 0.15) is 58.0 Å². The van der Waals surface area contributed by atoms with Crippen molar-refractivity contribution in [3.8, 4) is 5.75 Å². The number of nitrogens with one attached hydrogen (secondary N) is 2. The number of carbonyl (C=O) groups is 2. The summed E-state index contributed by atoms with van der Waals surface area (Å²) in [5.74, 6) is -0.0980. The van der Waals surface area contributed by atoms with Crippen molar-refractivity contribution < 1.29 is 14.3 Å². The predicted octanol–water partition coefficient (Wildman–Crippen LogP) is 6.49. The van der Waals surface area contributed by atoms with Crippen molar-refractivity contribution in [3.05, 3.63) is 87.4 Å². The Balaban J connectivity index is 1.41. The van der Waals surface area contributed by atoms with Crippen LogP contribution in [-0.2, 0) is 0 Å². The first kappa shape index (κ1) is 24.6. The molecule has 2 amide bonds. The van der Waals surface area contributed by atoms with E-state index in [1.165, 1.54) is 20.0 Å². The number of rotatable bonds is 6. The summed E-state index contributed by atoms with van der Waals surface area (Å²) in [6.45, 7) is 0.601. The van der Waals surface area contributed by atoms with Crippen molar-refractivity contribution in [2.45, 2.75) is 37.8 Å². The average molecular weight is 524 g/mol. The minimum atomic E-state index is -0.356. The maximum Gasteiger partial charge on any atom is 0.258 e. The number of amides is 2. The van der Waals surface area contributed by atoms with Crippen LogP contribution >= 0.6 is 23.2 Å². The van der Waals surface area contributed by atoms with E-state index in [-0.39, 0.29) is 17.9 Å². The quantitative estimate of drug-likeness (QED) is 0.387. The van der Waals surface area contributed by atoms with Gasteiger partial charge in [0.05, 0.1) is 23.4 Å². The van der Waals surface area contributed by atoms with Crippen LogP contribution in [-0.4, -0.2) is 31.5 Å². The molecule has 0 saturated heterocycles. The van der Waals surface area contributed by atoms with Gasteiger partial charge < -0.3 is 20.3 Å². The lowest BCUT2D eigenvalue weighted by Gasteiger charge is -2.25. The molecule has 6 nitrogen and oxygen atoms in total. The standard InChI is InChI=1S/C28H27Cl2N3O3/c1-36-26-15-17(8-12-24(26)32-27(34)20-5-2-3-6-22(20)30)28(35)33-14-4-7-23(31-19-10-11-19)21-16-18(29)9-13-25(21)33/h2-3,5-6,8-9,12-13,15-16,19,23,31H,4,7,10-11,14H2,1H3,(H,32,34). The minimum Gasteiger partial charge on any atom is -0.495 e. The second kappa shape index (κ2) is 10.5. The van der Waals surface area contributed by atoms with Crippen molar-refractivity contribution in [2.75, 3.05) is 23.9 Å². The van der Waals surface area contributed by atoms with Crippen molar-refractivity contribution in [3.63, 3.8) is 0 Å². The Morgan fingerprint density at radius 2 is 1.81 bits per heavy atom. The van der Waals surface area contributed by atoms with E-state index in [4.69, 9.17) is 27.9 Å². The molecule has 186 valence electrons. The number of anilines is 2. The van der Waals surface area contributed by atoms with Crippen LogP contribution in [0.2, 0.25) is 10.0 Å². The number of benzene rings is 3. The van der Waals surface area contributed by atoms with Crippen LogP contribution in [0.25, 0.3) is 0 Å². The van der Waals surface area contributed by atoms with Crippen molar-refractivity contribution in [1.29, 1.82) is 0 Å². The molecule has 1 aliphatic carbocycles. The molecule has 0 bridgehead atoms. The van der Waals surface area contributed by atoms with Gasteiger partial charge in [0.15, 0.2) is 0 Å². The fourth-order valence-corrected chi connectivity index (χ4v) is 5.02. The first-order valence-corrected chi connectivity index (χ1v) is 12.8. The molecule has 2 N–H and O–H groups in total. The third-order valence-electron chi connectivity index (χ3n) is 6.60. The molecule has 1 fully saturated rings. The summed E-state index contributed by atoms with van der Waals surface area (Å²) in [4.78, 5) is 28.3. The number of ether oxygens (including phenoxy) is 1. The number of fused-ring (bicyclic) bond motifs is 1. The second-order valence-corrected chi connectivity index (χ2v) is 9.99. The van der Waals surface area contributed by atoms with Crippen LogP contribution in [0.15, 0.2) is 60.7 Å². The first-order valence-electron chi connectivity index (χ1n) is 12.1. The molecule has 8 heteroatoms. The highest BCUT2D eigenvalue weighted by atomic mass is 35.5. The van der Waals surface area contributed by atoms with Gasteiger partial charge in [-0.05, 0) is 79.8 Å². The Bertz CT molecular complexity index is 1310. The monoisotopic (exact) mass is 523 g/mol. The van der Waals surface area contributed by atoms with Crippen LogP contribution in [0.3, 0.4) is 0 Å². The highest BCUT2D eigenvalue weighted by molar-refractivity contribution is 6.34. The van der Waals surface area contributed by atoms with E-state index in [1.807, 2.05) is 23.1 Å². The first-order chi connectivity index (χ1) is 17.4. The smallest absolute Gasteiger partial charge is 0.258 e. The zero-order valence-corrected chi connectivity index (χ0v) is 21.4. The number of carbonyl (C=O) groups excluding carboxylic acids is 2. The van der Waals surface area contributed by atoms with Crippen LogP contribution in [0, 0.1) is 0 Å². The third-order valence-corrected chi connectivity index (χ3v) is 7.17. The van der Waals surface area contributed by atoms with E-state index < -0.39 is 0 Å². The molecular formula is C28H27Cl2N3O3. The molecule has 1 atom stereocenters.